The molecule has 0 spiro atoms. The Balaban J connectivity index is 1.10. The summed E-state index contributed by atoms with van der Waals surface area (Å²) < 4.78 is 13.6. The van der Waals surface area contributed by atoms with Crippen LogP contribution < -0.4 is 4.74 Å². The van der Waals surface area contributed by atoms with Crippen LogP contribution in [0.5, 0.6) is 5.75 Å². The molecule has 2 aliphatic rings. The highest BCUT2D eigenvalue weighted by atomic mass is 16.5. The first-order valence-corrected chi connectivity index (χ1v) is 12.1. The van der Waals surface area contributed by atoms with E-state index in [0.29, 0.717) is 11.5 Å². The summed E-state index contributed by atoms with van der Waals surface area (Å²) in [5.74, 6) is 2.14. The second-order valence-corrected chi connectivity index (χ2v) is 9.41. The first kappa shape index (κ1) is 21.5. The Bertz CT molecular complexity index is 988. The van der Waals surface area contributed by atoms with Gasteiger partial charge in [-0.15, -0.1) is 0 Å². The summed E-state index contributed by atoms with van der Waals surface area (Å²) in [5.41, 5.74) is 2.42. The lowest BCUT2D eigenvalue weighted by Gasteiger charge is -2.31. The first-order valence-electron chi connectivity index (χ1n) is 12.1. The zero-order valence-electron chi connectivity index (χ0n) is 18.8. The zero-order chi connectivity index (χ0) is 21.8. The summed E-state index contributed by atoms with van der Waals surface area (Å²) in [6.07, 6.45) is 12.1. The van der Waals surface area contributed by atoms with Crippen molar-refractivity contribution in [2.24, 2.45) is 11.8 Å². The molecule has 1 N–H and O–H groups in total. The van der Waals surface area contributed by atoms with Crippen LogP contribution >= 0.6 is 0 Å². The van der Waals surface area contributed by atoms with E-state index in [4.69, 9.17) is 9.26 Å². The van der Waals surface area contributed by atoms with E-state index in [0.717, 1.165) is 67.3 Å². The fraction of sp³-hybridized carbons (Fsp3) is 0.600. The molecule has 0 bridgehead atoms. The molecule has 0 unspecified atom stereocenters. The van der Waals surface area contributed by atoms with E-state index in [1.165, 1.54) is 38.8 Å². The number of likely N-dealkylation sites (tertiary alicyclic amines) is 1. The molecular weight excluding hydrogens is 404 g/mol. The van der Waals surface area contributed by atoms with Crippen molar-refractivity contribution in [2.45, 2.75) is 58.1 Å². The molecule has 32 heavy (non-hydrogen) atoms. The lowest BCUT2D eigenvalue weighted by atomic mass is 9.91. The molecule has 7 heteroatoms. The van der Waals surface area contributed by atoms with Gasteiger partial charge < -0.3 is 19.3 Å². The Morgan fingerprint density at radius 1 is 1.09 bits per heavy atom. The number of piperidine rings is 1. The Kier molecular flexibility index (Phi) is 6.74. The van der Waals surface area contributed by atoms with Gasteiger partial charge in [-0.3, -0.25) is 4.68 Å². The van der Waals surface area contributed by atoms with Crippen LogP contribution in [-0.2, 0) is 19.6 Å². The summed E-state index contributed by atoms with van der Waals surface area (Å²) in [7, 11) is 0. The molecule has 1 aliphatic carbocycles. The first-order chi connectivity index (χ1) is 15.8. The third kappa shape index (κ3) is 5.15. The van der Waals surface area contributed by atoms with Gasteiger partial charge in [-0.05, 0) is 94.6 Å². The van der Waals surface area contributed by atoms with E-state index in [2.05, 4.69) is 15.2 Å². The van der Waals surface area contributed by atoms with Crippen LogP contribution in [0.3, 0.4) is 0 Å². The molecule has 3 heterocycles. The van der Waals surface area contributed by atoms with Crippen LogP contribution in [-0.4, -0.2) is 51.2 Å². The molecule has 7 nitrogen and oxygen atoms in total. The summed E-state index contributed by atoms with van der Waals surface area (Å²) in [6.45, 7) is 5.14. The maximum Gasteiger partial charge on any atom is 0.176 e. The van der Waals surface area contributed by atoms with Crippen LogP contribution in [0, 0.1) is 11.8 Å². The van der Waals surface area contributed by atoms with E-state index in [-0.39, 0.29) is 6.61 Å². The Morgan fingerprint density at radius 2 is 1.97 bits per heavy atom. The third-order valence-corrected chi connectivity index (χ3v) is 7.02. The fourth-order valence-electron chi connectivity index (χ4n) is 4.78. The highest BCUT2D eigenvalue weighted by molar-refractivity contribution is 5.84. The van der Waals surface area contributed by atoms with Gasteiger partial charge in [0.25, 0.3) is 0 Å². The topological polar surface area (TPSA) is 76.6 Å². The minimum atomic E-state index is -0.0924. The summed E-state index contributed by atoms with van der Waals surface area (Å²) in [5, 5.41) is 19.6. The van der Waals surface area contributed by atoms with Crippen LogP contribution in [0.4, 0.5) is 0 Å². The van der Waals surface area contributed by atoms with E-state index >= 15 is 0 Å². The SMILES string of the molecule is OCc1c(OCC2CC2)ccc2c(CCC3CCN(CCCn4cccn4)CC3)noc12. The van der Waals surface area contributed by atoms with Gasteiger partial charge in [0.05, 0.1) is 24.5 Å². The number of benzene rings is 1. The smallest absolute Gasteiger partial charge is 0.176 e. The molecule has 1 saturated carbocycles. The minimum absolute atomic E-state index is 0.0924. The molecule has 0 amide bonds. The van der Waals surface area contributed by atoms with E-state index in [1.807, 2.05) is 35.3 Å². The Morgan fingerprint density at radius 3 is 2.72 bits per heavy atom. The Labute approximate surface area is 189 Å². The largest absolute Gasteiger partial charge is 0.493 e. The van der Waals surface area contributed by atoms with Gasteiger partial charge in [-0.25, -0.2) is 0 Å². The van der Waals surface area contributed by atoms with Crippen LogP contribution in [0.15, 0.2) is 35.1 Å². The van der Waals surface area contributed by atoms with Gasteiger partial charge in [-0.1, -0.05) is 5.16 Å². The molecule has 2 aromatic heterocycles. The molecular formula is C25H34N4O3. The zero-order valence-corrected chi connectivity index (χ0v) is 18.8. The number of hydrogen-bond donors (Lipinski definition) is 1. The number of aryl methyl sites for hydroxylation is 2. The third-order valence-electron chi connectivity index (χ3n) is 7.02. The van der Waals surface area contributed by atoms with Crippen molar-refractivity contribution in [2.75, 3.05) is 26.2 Å². The lowest BCUT2D eigenvalue weighted by molar-refractivity contribution is 0.174. The quantitative estimate of drug-likeness (QED) is 0.487. The van der Waals surface area contributed by atoms with Crippen molar-refractivity contribution >= 4 is 11.0 Å². The van der Waals surface area contributed by atoms with Crippen LogP contribution in [0.2, 0.25) is 0 Å². The standard InChI is InChI=1S/C25H34N4O3/c30-17-22-24(31-18-20-3-4-20)8-6-21-23(27-32-25(21)22)7-5-19-9-15-28(16-10-19)12-2-14-29-13-1-11-26-29/h1,6,8,11,13,19-20,30H,2-5,7,9-10,12,14-18H2. The Hall–Kier alpha value is -2.38. The number of aliphatic hydroxyl groups excluding tert-OH is 1. The minimum Gasteiger partial charge on any atom is -0.493 e. The summed E-state index contributed by atoms with van der Waals surface area (Å²) in [6, 6.07) is 6.00. The van der Waals surface area contributed by atoms with Crippen molar-refractivity contribution in [1.82, 2.24) is 19.8 Å². The predicted octanol–water partition coefficient (Wildman–Crippen LogP) is 4.04. The van der Waals surface area contributed by atoms with Crippen molar-refractivity contribution in [3.8, 4) is 5.75 Å². The number of nitrogens with zero attached hydrogens (tertiary/aromatic N) is 4. The number of ether oxygens (including phenoxy) is 1. The van der Waals surface area contributed by atoms with Gasteiger partial charge in [0, 0.05) is 24.3 Å². The number of aliphatic hydroxyl groups is 1. The molecule has 172 valence electrons. The van der Waals surface area contributed by atoms with Crippen molar-refractivity contribution < 1.29 is 14.4 Å². The molecule has 3 aromatic rings. The summed E-state index contributed by atoms with van der Waals surface area (Å²) >= 11 is 0. The van der Waals surface area contributed by atoms with E-state index in [9.17, 15) is 5.11 Å². The van der Waals surface area contributed by atoms with E-state index in [1.54, 1.807) is 0 Å². The van der Waals surface area contributed by atoms with Crippen molar-refractivity contribution in [1.29, 1.82) is 0 Å². The molecule has 2 fully saturated rings. The van der Waals surface area contributed by atoms with Crippen LogP contribution in [0.1, 0.15) is 49.8 Å². The molecule has 1 aromatic carbocycles. The van der Waals surface area contributed by atoms with Crippen molar-refractivity contribution in [3.05, 3.63) is 41.9 Å². The van der Waals surface area contributed by atoms with Gasteiger partial charge >= 0.3 is 0 Å². The van der Waals surface area contributed by atoms with Gasteiger partial charge in [0.1, 0.15) is 5.75 Å². The normalized spacial score (nSPS) is 17.9. The maximum absolute atomic E-state index is 9.90. The average molecular weight is 439 g/mol. The molecule has 0 atom stereocenters. The highest BCUT2D eigenvalue weighted by Gasteiger charge is 2.24. The molecule has 5 rings (SSSR count). The number of fused-ring (bicyclic) bond motifs is 1. The molecule has 1 aliphatic heterocycles. The van der Waals surface area contributed by atoms with Crippen LogP contribution in [0.25, 0.3) is 11.0 Å². The maximum atomic E-state index is 9.90. The van der Waals surface area contributed by atoms with Gasteiger partial charge in [0.15, 0.2) is 5.58 Å². The lowest BCUT2D eigenvalue weighted by Crippen LogP contribution is -2.34. The van der Waals surface area contributed by atoms with Gasteiger partial charge in [0.2, 0.25) is 0 Å². The summed E-state index contributed by atoms with van der Waals surface area (Å²) in [4.78, 5) is 2.59. The highest BCUT2D eigenvalue weighted by Crippen LogP contribution is 2.34. The molecule has 0 radical (unpaired) electrons. The van der Waals surface area contributed by atoms with E-state index < -0.39 is 0 Å². The average Bonchev–Trinajstić information content (AvgIpc) is 3.33. The number of aromatic nitrogens is 3. The number of hydrogen-bond acceptors (Lipinski definition) is 6. The number of rotatable bonds is 11. The van der Waals surface area contributed by atoms with Crippen molar-refractivity contribution in [3.63, 3.8) is 0 Å². The second kappa shape index (κ2) is 10.0. The second-order valence-electron chi connectivity index (χ2n) is 9.41. The fourth-order valence-corrected chi connectivity index (χ4v) is 4.78. The van der Waals surface area contributed by atoms with Gasteiger partial charge in [-0.2, -0.15) is 5.10 Å². The monoisotopic (exact) mass is 438 g/mol. The molecule has 1 saturated heterocycles. The predicted molar refractivity (Wildman–Crippen MR) is 122 cm³/mol.